The van der Waals surface area contributed by atoms with Crippen molar-refractivity contribution in [1.29, 1.82) is 0 Å². The molecule has 1 unspecified atom stereocenters. The van der Waals surface area contributed by atoms with Gasteiger partial charge in [-0.05, 0) is 55.7 Å². The number of aromatic nitrogens is 2. The Morgan fingerprint density at radius 3 is 2.67 bits per heavy atom. The summed E-state index contributed by atoms with van der Waals surface area (Å²) >= 11 is 11.2. The molecule has 1 saturated heterocycles. The first-order chi connectivity index (χ1) is 15.8. The zero-order chi connectivity index (χ0) is 23.5. The van der Waals surface area contributed by atoms with Gasteiger partial charge in [0.1, 0.15) is 24.0 Å². The van der Waals surface area contributed by atoms with Gasteiger partial charge in [0, 0.05) is 23.3 Å². The lowest BCUT2D eigenvalue weighted by molar-refractivity contribution is -0.142. The molecular weight excluding hydrogens is 475 g/mol. The molecule has 2 atom stereocenters. The number of fused-ring (bicyclic) bond motifs is 1. The predicted molar refractivity (Wildman–Crippen MR) is 123 cm³/mol. The lowest BCUT2D eigenvalue weighted by Gasteiger charge is -2.34. The van der Waals surface area contributed by atoms with Crippen LogP contribution in [0.1, 0.15) is 19.3 Å². The maximum atomic E-state index is 13.5. The highest BCUT2D eigenvalue weighted by atomic mass is 35.5. The molecule has 2 aromatic carbocycles. The van der Waals surface area contributed by atoms with Crippen molar-refractivity contribution in [1.82, 2.24) is 14.9 Å². The summed E-state index contributed by atoms with van der Waals surface area (Å²) < 4.78 is 26.8. The number of hydrogen-bond acceptors (Lipinski definition) is 5. The Kier molecular flexibility index (Phi) is 6.90. The quantitative estimate of drug-likeness (QED) is 0.487. The van der Waals surface area contributed by atoms with E-state index in [4.69, 9.17) is 23.2 Å². The average Bonchev–Trinajstić information content (AvgIpc) is 2.81. The van der Waals surface area contributed by atoms with E-state index in [0.29, 0.717) is 40.9 Å². The van der Waals surface area contributed by atoms with Gasteiger partial charge in [0.05, 0.1) is 10.5 Å². The molecule has 2 N–H and O–H groups in total. The molecule has 172 valence electrons. The van der Waals surface area contributed by atoms with Crippen LogP contribution in [0.4, 0.5) is 26.0 Å². The number of nitrogens with one attached hydrogen (secondary N) is 2. The van der Waals surface area contributed by atoms with E-state index in [1.54, 1.807) is 18.2 Å². The smallest absolute Gasteiger partial charge is 0.273 e. The second-order valence-electron chi connectivity index (χ2n) is 7.54. The van der Waals surface area contributed by atoms with Gasteiger partial charge in [-0.15, -0.1) is 0 Å². The summed E-state index contributed by atoms with van der Waals surface area (Å²) in [5.74, 6) is -1.46. The third-order valence-electron chi connectivity index (χ3n) is 5.36. The zero-order valence-electron chi connectivity index (χ0n) is 17.2. The summed E-state index contributed by atoms with van der Waals surface area (Å²) in [6, 6.07) is 8.42. The molecule has 2 heterocycles. The van der Waals surface area contributed by atoms with E-state index in [-0.39, 0.29) is 11.6 Å². The predicted octanol–water partition coefficient (Wildman–Crippen LogP) is 5.02. The number of carbonyl (C=O) groups excluding carboxylic acids is 2. The maximum Gasteiger partial charge on any atom is 0.273 e. The fourth-order valence-electron chi connectivity index (χ4n) is 3.76. The number of piperidine rings is 1. The molecule has 1 aromatic heterocycles. The Hall–Kier alpha value is -3.04. The molecule has 1 aliphatic heterocycles. The molecule has 0 spiro atoms. The Morgan fingerprint density at radius 2 is 1.91 bits per heavy atom. The van der Waals surface area contributed by atoms with Gasteiger partial charge < -0.3 is 15.5 Å². The number of halogens is 4. The second kappa shape index (κ2) is 9.84. The normalized spacial score (nSPS) is 17.0. The summed E-state index contributed by atoms with van der Waals surface area (Å²) in [6.45, 7) is 0.268. The van der Waals surface area contributed by atoms with Crippen molar-refractivity contribution in [3.8, 4) is 0 Å². The number of alkyl halides is 2. The highest BCUT2D eigenvalue weighted by Gasteiger charge is 2.35. The minimum absolute atomic E-state index is 0.0367. The third kappa shape index (κ3) is 5.15. The average molecular weight is 494 g/mol. The molecule has 0 bridgehead atoms. The van der Waals surface area contributed by atoms with Gasteiger partial charge in [0.2, 0.25) is 5.91 Å². The molecule has 0 saturated carbocycles. The van der Waals surface area contributed by atoms with Gasteiger partial charge >= 0.3 is 0 Å². The molecule has 2 amide bonds. The molecule has 11 heteroatoms. The Balaban J connectivity index is 1.58. The van der Waals surface area contributed by atoms with Crippen LogP contribution in [-0.4, -0.2) is 44.9 Å². The highest BCUT2D eigenvalue weighted by Crippen LogP contribution is 2.28. The molecule has 1 aliphatic rings. The van der Waals surface area contributed by atoms with Crippen LogP contribution in [0.2, 0.25) is 5.02 Å². The molecular formula is C22H19Cl2F2N5O2. The SMILES string of the molecule is O=C(Nc1ccc2ncnc(Nc3ccc(F)c(Cl)c3)c2c1)[C@H]1CCCCN1C(=O)C(F)Cl. The monoisotopic (exact) mass is 493 g/mol. The van der Waals surface area contributed by atoms with E-state index in [1.165, 1.54) is 29.4 Å². The van der Waals surface area contributed by atoms with Gasteiger partial charge in [-0.1, -0.05) is 23.2 Å². The van der Waals surface area contributed by atoms with Gasteiger partial charge in [0.15, 0.2) is 0 Å². The molecule has 0 aliphatic carbocycles. The minimum atomic E-state index is -2.19. The molecule has 1 fully saturated rings. The van der Waals surface area contributed by atoms with Crippen molar-refractivity contribution < 1.29 is 18.4 Å². The number of amides is 2. The largest absolute Gasteiger partial charge is 0.340 e. The van der Waals surface area contributed by atoms with Crippen LogP contribution >= 0.6 is 23.2 Å². The van der Waals surface area contributed by atoms with E-state index in [2.05, 4.69) is 20.6 Å². The number of nitrogens with zero attached hydrogens (tertiary/aromatic N) is 3. The first-order valence-electron chi connectivity index (χ1n) is 10.2. The standard InChI is InChI=1S/C22H19Cl2F2N5O2/c23-15-10-13(4-6-16(15)25)29-20-14-9-12(5-7-17(14)27-11-28-20)30-21(32)18-3-1-2-8-31(18)22(33)19(24)26/h4-7,9-11,18-19H,1-3,8H2,(H,30,32)(H,27,28,29)/t18-,19?/m1/s1. The fraction of sp³-hybridized carbons (Fsp3) is 0.273. The lowest BCUT2D eigenvalue weighted by Crippen LogP contribution is -2.51. The summed E-state index contributed by atoms with van der Waals surface area (Å²) in [5, 5.41) is 6.41. The van der Waals surface area contributed by atoms with Crippen LogP contribution in [0.3, 0.4) is 0 Å². The zero-order valence-corrected chi connectivity index (χ0v) is 18.7. The fourth-order valence-corrected chi connectivity index (χ4v) is 4.07. The summed E-state index contributed by atoms with van der Waals surface area (Å²) in [7, 11) is 0. The highest BCUT2D eigenvalue weighted by molar-refractivity contribution is 6.31. The number of anilines is 3. The first kappa shape index (κ1) is 23.1. The van der Waals surface area contributed by atoms with Gasteiger partial charge in [-0.2, -0.15) is 0 Å². The van der Waals surface area contributed by atoms with Crippen LogP contribution < -0.4 is 10.6 Å². The Labute approximate surface area is 198 Å². The van der Waals surface area contributed by atoms with Crippen molar-refractivity contribution >= 4 is 63.1 Å². The number of rotatable bonds is 5. The molecule has 0 radical (unpaired) electrons. The van der Waals surface area contributed by atoms with Gasteiger partial charge in [0.25, 0.3) is 11.5 Å². The number of likely N-dealkylation sites (tertiary alicyclic amines) is 1. The van der Waals surface area contributed by atoms with E-state index >= 15 is 0 Å². The van der Waals surface area contributed by atoms with E-state index in [9.17, 15) is 18.4 Å². The maximum absolute atomic E-state index is 13.5. The second-order valence-corrected chi connectivity index (χ2v) is 8.33. The van der Waals surface area contributed by atoms with Crippen LogP contribution in [-0.2, 0) is 9.59 Å². The molecule has 4 rings (SSSR count). The van der Waals surface area contributed by atoms with Gasteiger partial charge in [-0.25, -0.2) is 18.7 Å². The first-order valence-corrected chi connectivity index (χ1v) is 11.0. The summed E-state index contributed by atoms with van der Waals surface area (Å²) in [4.78, 5) is 34.6. The lowest BCUT2D eigenvalue weighted by atomic mass is 10.0. The molecule has 33 heavy (non-hydrogen) atoms. The summed E-state index contributed by atoms with van der Waals surface area (Å²) in [6.07, 6.45) is 3.20. The van der Waals surface area contributed by atoms with Crippen LogP contribution in [0.5, 0.6) is 0 Å². The van der Waals surface area contributed by atoms with E-state index < -0.39 is 29.3 Å². The number of benzene rings is 2. The van der Waals surface area contributed by atoms with Crippen LogP contribution in [0.25, 0.3) is 10.9 Å². The Morgan fingerprint density at radius 1 is 1.12 bits per heavy atom. The number of hydrogen-bond donors (Lipinski definition) is 2. The number of carbonyl (C=O) groups is 2. The van der Waals surface area contributed by atoms with Crippen LogP contribution in [0.15, 0.2) is 42.7 Å². The third-order valence-corrected chi connectivity index (χ3v) is 5.84. The Bertz CT molecular complexity index is 1210. The molecule has 3 aromatic rings. The van der Waals surface area contributed by atoms with Crippen molar-refractivity contribution in [3.63, 3.8) is 0 Å². The van der Waals surface area contributed by atoms with E-state index in [0.717, 1.165) is 6.42 Å². The minimum Gasteiger partial charge on any atom is -0.340 e. The molecule has 7 nitrogen and oxygen atoms in total. The van der Waals surface area contributed by atoms with Crippen molar-refractivity contribution in [2.24, 2.45) is 0 Å². The van der Waals surface area contributed by atoms with E-state index in [1.807, 2.05) is 0 Å². The van der Waals surface area contributed by atoms with Crippen molar-refractivity contribution in [2.75, 3.05) is 17.2 Å². The van der Waals surface area contributed by atoms with Crippen molar-refractivity contribution in [3.05, 3.63) is 53.6 Å². The van der Waals surface area contributed by atoms with Crippen molar-refractivity contribution in [2.45, 2.75) is 30.9 Å². The summed E-state index contributed by atoms with van der Waals surface area (Å²) in [5.41, 5.74) is -0.613. The van der Waals surface area contributed by atoms with Crippen LogP contribution in [0, 0.1) is 5.82 Å². The topological polar surface area (TPSA) is 87.2 Å². The van der Waals surface area contributed by atoms with Gasteiger partial charge in [-0.3, -0.25) is 9.59 Å².